The van der Waals surface area contributed by atoms with Gasteiger partial charge in [-0.15, -0.1) is 0 Å². The molecule has 1 aromatic rings. The summed E-state index contributed by atoms with van der Waals surface area (Å²) in [6.07, 6.45) is 1.31. The van der Waals surface area contributed by atoms with Gasteiger partial charge in [-0.3, -0.25) is 5.10 Å². The molecule has 0 radical (unpaired) electrons. The van der Waals surface area contributed by atoms with Gasteiger partial charge in [0.25, 0.3) is 0 Å². The first-order valence-corrected chi connectivity index (χ1v) is 6.03. The van der Waals surface area contributed by atoms with E-state index in [0.29, 0.717) is 5.69 Å². The molecule has 0 aromatic carbocycles. The number of rotatable bonds is 4. The zero-order valence-electron chi connectivity index (χ0n) is 9.06. The van der Waals surface area contributed by atoms with E-state index in [0.717, 1.165) is 0 Å². The lowest BCUT2D eigenvalue weighted by Crippen LogP contribution is -2.39. The van der Waals surface area contributed by atoms with Crippen molar-refractivity contribution in [2.75, 3.05) is 13.6 Å². The number of nitrogens with zero attached hydrogens (tertiary/aromatic N) is 2. The Morgan fingerprint density at radius 1 is 1.67 bits per heavy atom. The summed E-state index contributed by atoms with van der Waals surface area (Å²) in [6, 6.07) is -0.232. The van der Waals surface area contributed by atoms with Crippen LogP contribution in [0.25, 0.3) is 0 Å². The highest BCUT2D eigenvalue weighted by atomic mass is 32.2. The van der Waals surface area contributed by atoms with Crippen LogP contribution < -0.4 is 5.73 Å². The highest BCUT2D eigenvalue weighted by Crippen LogP contribution is 2.17. The molecule has 15 heavy (non-hydrogen) atoms. The summed E-state index contributed by atoms with van der Waals surface area (Å²) in [5, 5.41) is 6.29. The van der Waals surface area contributed by atoms with Gasteiger partial charge in [0.2, 0.25) is 10.0 Å². The Kier molecular flexibility index (Phi) is 3.48. The molecule has 3 N–H and O–H groups in total. The van der Waals surface area contributed by atoms with Crippen molar-refractivity contribution in [3.05, 3.63) is 11.9 Å². The molecule has 86 valence electrons. The lowest BCUT2D eigenvalue weighted by atomic mass is 10.4. The third-order valence-electron chi connectivity index (χ3n) is 2.40. The molecule has 0 aliphatic carbocycles. The minimum Gasteiger partial charge on any atom is -0.329 e. The summed E-state index contributed by atoms with van der Waals surface area (Å²) in [7, 11) is -1.96. The molecule has 0 aliphatic rings. The molecule has 0 bridgehead atoms. The van der Waals surface area contributed by atoms with E-state index in [1.54, 1.807) is 13.8 Å². The molecule has 1 heterocycles. The average Bonchev–Trinajstić information content (AvgIpc) is 2.62. The second-order valence-corrected chi connectivity index (χ2v) is 5.43. The monoisotopic (exact) mass is 232 g/mol. The van der Waals surface area contributed by atoms with Crippen molar-refractivity contribution in [1.82, 2.24) is 14.5 Å². The Morgan fingerprint density at radius 2 is 2.27 bits per heavy atom. The van der Waals surface area contributed by atoms with E-state index < -0.39 is 10.0 Å². The third-order valence-corrected chi connectivity index (χ3v) is 4.49. The van der Waals surface area contributed by atoms with Gasteiger partial charge in [0.1, 0.15) is 4.90 Å². The minimum absolute atomic E-state index is 0.199. The van der Waals surface area contributed by atoms with Gasteiger partial charge in [0.05, 0.1) is 11.9 Å². The van der Waals surface area contributed by atoms with Crippen molar-refractivity contribution in [2.24, 2.45) is 5.73 Å². The van der Waals surface area contributed by atoms with Gasteiger partial charge in [-0.25, -0.2) is 8.42 Å². The van der Waals surface area contributed by atoms with Crippen LogP contribution >= 0.6 is 0 Å². The largest absolute Gasteiger partial charge is 0.329 e. The van der Waals surface area contributed by atoms with Crippen LogP contribution in [-0.4, -0.2) is 42.6 Å². The van der Waals surface area contributed by atoms with Crippen LogP contribution in [0.2, 0.25) is 0 Å². The number of aromatic amines is 1. The van der Waals surface area contributed by atoms with Crippen molar-refractivity contribution >= 4 is 10.0 Å². The number of aryl methyl sites for hydroxylation is 1. The molecule has 0 saturated carbocycles. The highest BCUT2D eigenvalue weighted by molar-refractivity contribution is 7.89. The predicted molar refractivity (Wildman–Crippen MR) is 56.8 cm³/mol. The highest BCUT2D eigenvalue weighted by Gasteiger charge is 2.27. The Balaban J connectivity index is 3.09. The Labute approximate surface area is 89.5 Å². The number of hydrogen-bond acceptors (Lipinski definition) is 4. The lowest BCUT2D eigenvalue weighted by molar-refractivity contribution is 0.394. The maximum atomic E-state index is 12.0. The number of H-pyrrole nitrogens is 1. The number of nitrogens with one attached hydrogen (secondary N) is 1. The summed E-state index contributed by atoms with van der Waals surface area (Å²) < 4.78 is 25.3. The smallest absolute Gasteiger partial charge is 0.246 e. The SMILES string of the molecule is Cc1[nH]ncc1S(=O)(=O)N(C)C(C)CN. The molecule has 1 atom stereocenters. The van der Waals surface area contributed by atoms with Crippen LogP contribution in [0.3, 0.4) is 0 Å². The fourth-order valence-electron chi connectivity index (χ4n) is 1.14. The third kappa shape index (κ3) is 2.19. The number of nitrogens with two attached hydrogens (primary N) is 1. The van der Waals surface area contributed by atoms with Crippen LogP contribution in [0.15, 0.2) is 11.1 Å². The van der Waals surface area contributed by atoms with Gasteiger partial charge < -0.3 is 5.73 Å². The van der Waals surface area contributed by atoms with Gasteiger partial charge in [0, 0.05) is 19.6 Å². The standard InChI is InChI=1S/C8H16N4O2S/c1-6(4-9)12(3)15(13,14)8-5-10-11-7(8)2/h5-6H,4,9H2,1-3H3,(H,10,11). The molecule has 1 aromatic heterocycles. The van der Waals surface area contributed by atoms with E-state index in [1.807, 2.05) is 0 Å². The van der Waals surface area contributed by atoms with Gasteiger partial charge in [-0.1, -0.05) is 0 Å². The second kappa shape index (κ2) is 4.30. The van der Waals surface area contributed by atoms with Gasteiger partial charge in [0.15, 0.2) is 0 Å². The minimum atomic E-state index is -3.48. The molecule has 6 nitrogen and oxygen atoms in total. The Morgan fingerprint density at radius 3 is 2.67 bits per heavy atom. The molecule has 1 unspecified atom stereocenters. The van der Waals surface area contributed by atoms with Crippen molar-refractivity contribution in [1.29, 1.82) is 0 Å². The van der Waals surface area contributed by atoms with E-state index in [4.69, 9.17) is 5.73 Å². The van der Waals surface area contributed by atoms with Crippen LogP contribution in [-0.2, 0) is 10.0 Å². The maximum absolute atomic E-state index is 12.0. The number of hydrogen-bond donors (Lipinski definition) is 2. The zero-order valence-corrected chi connectivity index (χ0v) is 9.87. The summed E-state index contributed by atoms with van der Waals surface area (Å²) >= 11 is 0. The fourth-order valence-corrected chi connectivity index (χ4v) is 2.63. The molecular weight excluding hydrogens is 216 g/mol. The second-order valence-electron chi connectivity index (χ2n) is 3.47. The molecule has 0 saturated heterocycles. The first-order chi connectivity index (χ1) is 6.91. The van der Waals surface area contributed by atoms with Crippen molar-refractivity contribution in [3.8, 4) is 0 Å². The van der Waals surface area contributed by atoms with Gasteiger partial charge in [-0.2, -0.15) is 9.40 Å². The molecule has 7 heteroatoms. The Hall–Kier alpha value is -0.920. The lowest BCUT2D eigenvalue weighted by Gasteiger charge is -2.22. The topological polar surface area (TPSA) is 92.1 Å². The molecule has 0 aliphatic heterocycles. The summed E-state index contributed by atoms with van der Waals surface area (Å²) in [6.45, 7) is 3.71. The van der Waals surface area contributed by atoms with Gasteiger partial charge >= 0.3 is 0 Å². The first-order valence-electron chi connectivity index (χ1n) is 4.59. The van der Waals surface area contributed by atoms with E-state index in [2.05, 4.69) is 10.2 Å². The summed E-state index contributed by atoms with van der Waals surface area (Å²) in [5.74, 6) is 0. The molecule has 0 fully saturated rings. The Bertz CT molecular complexity index is 426. The van der Waals surface area contributed by atoms with E-state index in [-0.39, 0.29) is 17.5 Å². The van der Waals surface area contributed by atoms with Crippen LogP contribution in [0, 0.1) is 6.92 Å². The van der Waals surface area contributed by atoms with Crippen molar-refractivity contribution in [2.45, 2.75) is 24.8 Å². The fraction of sp³-hybridized carbons (Fsp3) is 0.625. The van der Waals surface area contributed by atoms with Crippen molar-refractivity contribution in [3.63, 3.8) is 0 Å². The first kappa shape index (κ1) is 12.2. The van der Waals surface area contributed by atoms with Crippen LogP contribution in [0.1, 0.15) is 12.6 Å². The molecule has 0 amide bonds. The normalized spacial score (nSPS) is 14.5. The number of likely N-dealkylation sites (N-methyl/N-ethyl adjacent to an activating group) is 1. The number of aromatic nitrogens is 2. The average molecular weight is 232 g/mol. The number of sulfonamides is 1. The van der Waals surface area contributed by atoms with Crippen LogP contribution in [0.4, 0.5) is 0 Å². The van der Waals surface area contributed by atoms with E-state index >= 15 is 0 Å². The van der Waals surface area contributed by atoms with Crippen LogP contribution in [0.5, 0.6) is 0 Å². The maximum Gasteiger partial charge on any atom is 0.246 e. The van der Waals surface area contributed by atoms with E-state index in [9.17, 15) is 8.42 Å². The zero-order chi connectivity index (χ0) is 11.6. The van der Waals surface area contributed by atoms with Crippen molar-refractivity contribution < 1.29 is 8.42 Å². The predicted octanol–water partition coefficient (Wildman–Crippen LogP) is -0.314. The molecular formula is C8H16N4O2S. The molecule has 0 spiro atoms. The summed E-state index contributed by atoms with van der Waals surface area (Å²) in [4.78, 5) is 0.199. The van der Waals surface area contributed by atoms with Gasteiger partial charge in [-0.05, 0) is 13.8 Å². The molecule has 1 rings (SSSR count). The summed E-state index contributed by atoms with van der Waals surface area (Å²) in [5.41, 5.74) is 5.96. The van der Waals surface area contributed by atoms with E-state index in [1.165, 1.54) is 17.5 Å². The quantitative estimate of drug-likeness (QED) is 0.744.